The van der Waals surface area contributed by atoms with Crippen molar-refractivity contribution in [2.75, 3.05) is 19.0 Å². The van der Waals surface area contributed by atoms with Gasteiger partial charge in [0.25, 0.3) is 0 Å². The lowest BCUT2D eigenvalue weighted by Crippen LogP contribution is -2.61. The van der Waals surface area contributed by atoms with Crippen LogP contribution >= 0.6 is 15.9 Å². The van der Waals surface area contributed by atoms with Gasteiger partial charge in [-0.1, -0.05) is 0 Å². The molecule has 0 bridgehead atoms. The van der Waals surface area contributed by atoms with Crippen LogP contribution in [-0.4, -0.2) is 32.9 Å². The second-order valence-corrected chi connectivity index (χ2v) is 9.96. The van der Waals surface area contributed by atoms with E-state index in [0.717, 1.165) is 6.07 Å². The second-order valence-electron chi connectivity index (χ2n) is 6.05. The summed E-state index contributed by atoms with van der Waals surface area (Å²) >= 11 is 3.10. The van der Waals surface area contributed by atoms with Gasteiger partial charge in [0, 0.05) is 12.3 Å². The Kier molecular flexibility index (Phi) is 5.21. The average molecular weight is 409 g/mol. The molecule has 0 amide bonds. The smallest absolute Gasteiger partial charge is 0.146 e. The van der Waals surface area contributed by atoms with E-state index in [0.29, 0.717) is 24.0 Å². The molecule has 23 heavy (non-hydrogen) atoms. The third-order valence-corrected chi connectivity index (χ3v) is 8.38. The molecular weight excluding hydrogens is 390 g/mol. The second kappa shape index (κ2) is 6.51. The van der Waals surface area contributed by atoms with Gasteiger partial charge in [-0.05, 0) is 57.9 Å². The molecule has 1 aliphatic heterocycles. The molecule has 2 heterocycles. The van der Waals surface area contributed by atoms with Gasteiger partial charge in [0.05, 0.1) is 6.07 Å². The van der Waals surface area contributed by atoms with Gasteiger partial charge in [0.2, 0.25) is 0 Å². The molecule has 1 aliphatic rings. The van der Waals surface area contributed by atoms with E-state index in [4.69, 9.17) is 5.73 Å². The highest BCUT2D eigenvalue weighted by atomic mass is 79.9. The molecule has 9 heteroatoms. The summed E-state index contributed by atoms with van der Waals surface area (Å²) in [4.78, 5) is 3.93. The molecule has 128 valence electrons. The maximum Gasteiger partial charge on any atom is 0.146 e. The molecule has 1 saturated heterocycles. The zero-order chi connectivity index (χ0) is 17.3. The molecule has 0 radical (unpaired) electrons. The molecule has 0 aliphatic carbocycles. The van der Waals surface area contributed by atoms with E-state index >= 15 is 0 Å². The van der Waals surface area contributed by atoms with Crippen molar-refractivity contribution < 1.29 is 13.0 Å². The topological polar surface area (TPSA) is 91.8 Å². The minimum Gasteiger partial charge on any atom is -0.317 e. The van der Waals surface area contributed by atoms with E-state index in [1.807, 2.05) is 0 Å². The summed E-state index contributed by atoms with van der Waals surface area (Å²) in [6.07, 6.45) is 1.11. The van der Waals surface area contributed by atoms with Gasteiger partial charge in [-0.25, -0.2) is 13.8 Å². The van der Waals surface area contributed by atoms with Gasteiger partial charge < -0.3 is 5.73 Å². The van der Waals surface area contributed by atoms with E-state index in [1.165, 1.54) is 6.07 Å². The van der Waals surface area contributed by atoms with Crippen molar-refractivity contribution in [2.24, 2.45) is 5.73 Å². The number of hydrogen-bond acceptors (Lipinski definition) is 4. The van der Waals surface area contributed by atoms with Crippen molar-refractivity contribution in [2.45, 2.75) is 30.1 Å². The largest absolute Gasteiger partial charge is 0.317 e. The van der Waals surface area contributed by atoms with Gasteiger partial charge in [0.15, 0.2) is 0 Å². The minimum atomic E-state index is -3.37. The third-order valence-electron chi connectivity index (χ3n) is 4.27. The Labute approximate surface area is 143 Å². The lowest BCUT2D eigenvalue weighted by molar-refractivity contribution is 0.318. The number of halogens is 3. The van der Waals surface area contributed by atoms with Crippen molar-refractivity contribution in [3.05, 3.63) is 28.2 Å². The highest BCUT2D eigenvalue weighted by Gasteiger charge is 2.47. The predicted octanol–water partition coefficient (Wildman–Crippen LogP) is 1.70. The van der Waals surface area contributed by atoms with Crippen molar-refractivity contribution in [3.8, 4) is 6.07 Å². The van der Waals surface area contributed by atoms with Gasteiger partial charge in [-0.2, -0.15) is 5.26 Å². The molecule has 0 saturated carbocycles. The van der Waals surface area contributed by atoms with Crippen molar-refractivity contribution >= 4 is 26.0 Å². The third kappa shape index (κ3) is 3.31. The van der Waals surface area contributed by atoms with Crippen LogP contribution in [0.4, 0.5) is 8.78 Å². The zero-order valence-corrected chi connectivity index (χ0v) is 15.1. The van der Waals surface area contributed by atoms with E-state index in [9.17, 15) is 18.3 Å². The molecule has 1 fully saturated rings. The molecule has 2 atom stereocenters. The van der Waals surface area contributed by atoms with Crippen molar-refractivity contribution in [1.82, 2.24) is 9.71 Å². The first-order chi connectivity index (χ1) is 10.7. The van der Waals surface area contributed by atoms with E-state index in [1.54, 1.807) is 6.92 Å². The summed E-state index contributed by atoms with van der Waals surface area (Å²) in [7, 11) is -3.37. The number of hydrogen-bond donors (Lipinski definition) is 3. The lowest BCUT2D eigenvalue weighted by Gasteiger charge is -2.45. The molecule has 1 aromatic rings. The summed E-state index contributed by atoms with van der Waals surface area (Å²) in [6.45, 7) is 0.884. The Morgan fingerprint density at radius 1 is 1.65 bits per heavy atom. The van der Waals surface area contributed by atoms with Gasteiger partial charge in [0.1, 0.15) is 33.1 Å². The Morgan fingerprint density at radius 3 is 2.96 bits per heavy atom. The maximum absolute atomic E-state index is 14.1. The molecule has 1 aromatic heterocycles. The van der Waals surface area contributed by atoms with E-state index in [-0.39, 0.29) is 11.4 Å². The Bertz CT molecular complexity index is 698. The first-order valence-corrected chi connectivity index (χ1v) is 9.81. The van der Waals surface area contributed by atoms with Crippen LogP contribution in [0.5, 0.6) is 0 Å². The zero-order valence-electron chi connectivity index (χ0n) is 12.7. The molecule has 0 spiro atoms. The first-order valence-electron chi connectivity index (χ1n) is 7.13. The first kappa shape index (κ1) is 18.4. The number of alkyl halides is 1. The quantitative estimate of drug-likeness (QED) is 0.522. The van der Waals surface area contributed by atoms with Crippen LogP contribution < -0.4 is 10.5 Å². The number of aromatic nitrogens is 1. The fourth-order valence-electron chi connectivity index (χ4n) is 2.76. The van der Waals surface area contributed by atoms with Crippen LogP contribution in [0.2, 0.25) is 0 Å². The summed E-state index contributed by atoms with van der Waals surface area (Å²) in [5.74, 6) is -1.14. The highest BCUT2D eigenvalue weighted by molar-refractivity contribution is 9.10. The average Bonchev–Trinajstić information content (AvgIpc) is 2.52. The van der Waals surface area contributed by atoms with Crippen LogP contribution in [0.3, 0.4) is 0 Å². The number of thiol groups is 1. The van der Waals surface area contributed by atoms with Crippen LogP contribution in [-0.2, 0) is 15.7 Å². The normalized spacial score (nSPS) is 27.7. The van der Waals surface area contributed by atoms with Crippen molar-refractivity contribution in [1.29, 1.82) is 5.26 Å². The standard InChI is InChI=1S/C14H19BrF2N4OS/c1-13(8-18)5-2-6-20-23(13,22)9-14(19,7-16)12-10(17)3-4-11(15)21-12/h3-4,23H,2,5-7,9,19H2,1H3,(H,20,22)/t13-,14+/m1/s1. The van der Waals surface area contributed by atoms with Crippen LogP contribution in [0.15, 0.2) is 16.7 Å². The number of nitrogens with one attached hydrogen (secondary N) is 1. The number of nitriles is 1. The maximum atomic E-state index is 14.1. The summed E-state index contributed by atoms with van der Waals surface area (Å²) < 4.78 is 43.2. The summed E-state index contributed by atoms with van der Waals surface area (Å²) in [5.41, 5.74) is 3.90. The van der Waals surface area contributed by atoms with Crippen LogP contribution in [0.25, 0.3) is 0 Å². The van der Waals surface area contributed by atoms with Crippen LogP contribution in [0.1, 0.15) is 25.5 Å². The predicted molar refractivity (Wildman–Crippen MR) is 89.4 cm³/mol. The van der Waals surface area contributed by atoms with Gasteiger partial charge >= 0.3 is 0 Å². The van der Waals surface area contributed by atoms with Gasteiger partial charge in [-0.3, -0.25) is 8.93 Å². The molecule has 0 aromatic carbocycles. The Balaban J connectivity index is 2.47. The van der Waals surface area contributed by atoms with Gasteiger partial charge in [-0.15, -0.1) is 0 Å². The SMILES string of the molecule is C[C@]1(C#N)CCCN[SH]1(=O)C[C@@](N)(CF)c1nc(Br)ccc1F. The number of nitrogens with two attached hydrogens (primary N) is 1. The van der Waals surface area contributed by atoms with Crippen LogP contribution in [0, 0.1) is 17.1 Å². The fraction of sp³-hybridized carbons (Fsp3) is 0.571. The lowest BCUT2D eigenvalue weighted by atomic mass is 10.00. The van der Waals surface area contributed by atoms with E-state index < -0.39 is 32.9 Å². The number of pyridine rings is 1. The summed E-state index contributed by atoms with van der Waals surface area (Å²) in [5, 5.41) is 9.43. The number of nitrogens with zero attached hydrogens (tertiary/aromatic N) is 2. The molecule has 5 nitrogen and oxygen atoms in total. The molecular formula is C14H19BrF2N4OS. The molecule has 0 unspecified atom stereocenters. The molecule has 2 rings (SSSR count). The highest BCUT2D eigenvalue weighted by Crippen LogP contribution is 2.36. The number of rotatable bonds is 4. The monoisotopic (exact) mass is 408 g/mol. The van der Waals surface area contributed by atoms with E-state index in [2.05, 4.69) is 31.7 Å². The minimum absolute atomic E-state index is 0.294. The van der Waals surface area contributed by atoms with Crippen molar-refractivity contribution in [3.63, 3.8) is 0 Å². The molecule has 3 N–H and O–H groups in total. The summed E-state index contributed by atoms with van der Waals surface area (Å²) in [6, 6.07) is 4.56. The Hall–Kier alpha value is -0.950. The Morgan fingerprint density at radius 2 is 2.35 bits per heavy atom. The fourth-order valence-corrected chi connectivity index (χ4v) is 6.11.